The third-order valence-corrected chi connectivity index (χ3v) is 5.28. The minimum Gasteiger partial charge on any atom is -0.486 e. The van der Waals surface area contributed by atoms with Crippen LogP contribution in [0.4, 0.5) is 0 Å². The highest BCUT2D eigenvalue weighted by molar-refractivity contribution is 6.32. The first-order valence-electron chi connectivity index (χ1n) is 8.12. The van der Waals surface area contributed by atoms with Gasteiger partial charge < -0.3 is 14.2 Å². The second-order valence-electron chi connectivity index (χ2n) is 6.72. The third-order valence-electron chi connectivity index (χ3n) is 5.00. The van der Waals surface area contributed by atoms with Crippen LogP contribution >= 0.6 is 11.6 Å². The Morgan fingerprint density at radius 1 is 1.14 bits per heavy atom. The highest BCUT2D eigenvalue weighted by Crippen LogP contribution is 2.43. The summed E-state index contributed by atoms with van der Waals surface area (Å²) in [5.74, 6) is 1.46. The summed E-state index contributed by atoms with van der Waals surface area (Å²) in [5.41, 5.74) is 1.58. The molecule has 4 nitrogen and oxygen atoms in total. The molecule has 22 heavy (non-hydrogen) atoms. The van der Waals surface area contributed by atoms with E-state index < -0.39 is 0 Å². The number of halogens is 1. The van der Waals surface area contributed by atoms with Crippen molar-refractivity contribution in [2.75, 3.05) is 39.5 Å². The number of benzene rings is 1. The number of hydrogen-bond acceptors (Lipinski definition) is 4. The van der Waals surface area contributed by atoms with Crippen molar-refractivity contribution in [1.82, 2.24) is 4.90 Å². The van der Waals surface area contributed by atoms with E-state index in [9.17, 15) is 0 Å². The van der Waals surface area contributed by atoms with Gasteiger partial charge in [0.05, 0.1) is 18.2 Å². The number of fused-ring (bicyclic) bond motifs is 1. The van der Waals surface area contributed by atoms with Gasteiger partial charge in [0, 0.05) is 25.0 Å². The predicted molar refractivity (Wildman–Crippen MR) is 84.8 cm³/mol. The maximum Gasteiger partial charge on any atom is 0.179 e. The van der Waals surface area contributed by atoms with Crippen LogP contribution in [-0.2, 0) is 11.3 Å². The Labute approximate surface area is 136 Å². The van der Waals surface area contributed by atoms with Gasteiger partial charge in [0.15, 0.2) is 11.5 Å². The van der Waals surface area contributed by atoms with E-state index in [0.717, 1.165) is 38.6 Å². The summed E-state index contributed by atoms with van der Waals surface area (Å²) in [6.45, 7) is 5.89. The Morgan fingerprint density at radius 3 is 2.82 bits per heavy atom. The molecule has 0 N–H and O–H groups in total. The maximum atomic E-state index is 6.34. The number of ether oxygens (including phenoxy) is 3. The van der Waals surface area contributed by atoms with Crippen molar-refractivity contribution in [3.63, 3.8) is 0 Å². The van der Waals surface area contributed by atoms with Crippen LogP contribution in [0.15, 0.2) is 12.1 Å². The first-order chi connectivity index (χ1) is 10.7. The quantitative estimate of drug-likeness (QED) is 0.837. The third kappa shape index (κ3) is 2.80. The summed E-state index contributed by atoms with van der Waals surface area (Å²) < 4.78 is 17.1. The molecule has 4 rings (SSSR count). The van der Waals surface area contributed by atoms with Crippen LogP contribution in [0.3, 0.4) is 0 Å². The molecule has 0 bridgehead atoms. The molecule has 0 radical (unpaired) electrons. The topological polar surface area (TPSA) is 30.9 Å². The van der Waals surface area contributed by atoms with Crippen LogP contribution in [0.25, 0.3) is 0 Å². The van der Waals surface area contributed by atoms with E-state index in [-0.39, 0.29) is 0 Å². The molecular formula is C17H22ClNO3. The SMILES string of the molecule is Clc1cc(CN2CCOCC3(CCC3)C2)cc2c1OCCO2. The first kappa shape index (κ1) is 14.6. The Balaban J connectivity index is 1.51. The average Bonchev–Trinajstić information content (AvgIpc) is 2.70. The molecular weight excluding hydrogens is 302 g/mol. The molecule has 120 valence electrons. The van der Waals surface area contributed by atoms with Gasteiger partial charge in [0.25, 0.3) is 0 Å². The van der Waals surface area contributed by atoms with Gasteiger partial charge in [-0.25, -0.2) is 0 Å². The molecule has 2 fully saturated rings. The van der Waals surface area contributed by atoms with Crippen LogP contribution in [0, 0.1) is 5.41 Å². The van der Waals surface area contributed by atoms with Gasteiger partial charge in [0.2, 0.25) is 0 Å². The van der Waals surface area contributed by atoms with Crippen LogP contribution in [0.2, 0.25) is 5.02 Å². The number of hydrogen-bond donors (Lipinski definition) is 0. The maximum absolute atomic E-state index is 6.34. The zero-order valence-electron chi connectivity index (χ0n) is 12.8. The van der Waals surface area contributed by atoms with E-state index in [1.54, 1.807) is 0 Å². The lowest BCUT2D eigenvalue weighted by atomic mass is 9.69. The van der Waals surface area contributed by atoms with Crippen LogP contribution in [0.1, 0.15) is 24.8 Å². The monoisotopic (exact) mass is 323 g/mol. The van der Waals surface area contributed by atoms with Crippen molar-refractivity contribution in [3.8, 4) is 11.5 Å². The van der Waals surface area contributed by atoms with Crippen LogP contribution in [-0.4, -0.2) is 44.4 Å². The minimum absolute atomic E-state index is 0.397. The summed E-state index contributed by atoms with van der Waals surface area (Å²) in [5, 5.41) is 0.650. The Hall–Kier alpha value is -0.970. The van der Waals surface area contributed by atoms with Gasteiger partial charge in [-0.15, -0.1) is 0 Å². The Bertz CT molecular complexity index is 559. The van der Waals surface area contributed by atoms with Crippen LogP contribution in [0.5, 0.6) is 11.5 Å². The van der Waals surface area contributed by atoms with E-state index in [1.165, 1.54) is 24.8 Å². The van der Waals surface area contributed by atoms with Gasteiger partial charge in [-0.1, -0.05) is 18.0 Å². The summed E-state index contributed by atoms with van der Waals surface area (Å²) >= 11 is 6.34. The standard InChI is InChI=1S/C17H22ClNO3/c18-14-8-13(9-15-16(14)22-7-6-21-15)10-19-4-5-20-12-17(11-19)2-1-3-17/h8-9H,1-7,10-12H2. The first-order valence-corrected chi connectivity index (χ1v) is 8.50. The molecule has 1 aromatic carbocycles. The molecule has 2 aliphatic heterocycles. The second-order valence-corrected chi connectivity index (χ2v) is 7.13. The van der Waals surface area contributed by atoms with Gasteiger partial charge in [-0.05, 0) is 30.5 Å². The lowest BCUT2D eigenvalue weighted by Crippen LogP contribution is -2.43. The highest BCUT2D eigenvalue weighted by atomic mass is 35.5. The lowest BCUT2D eigenvalue weighted by molar-refractivity contribution is 0.00954. The molecule has 0 unspecified atom stereocenters. The largest absolute Gasteiger partial charge is 0.486 e. The van der Waals surface area contributed by atoms with Gasteiger partial charge in [-0.2, -0.15) is 0 Å². The fourth-order valence-electron chi connectivity index (χ4n) is 3.71. The summed E-state index contributed by atoms with van der Waals surface area (Å²) in [7, 11) is 0. The van der Waals surface area contributed by atoms with Crippen molar-refractivity contribution in [1.29, 1.82) is 0 Å². The molecule has 2 heterocycles. The van der Waals surface area contributed by atoms with Gasteiger partial charge in [0.1, 0.15) is 13.2 Å². The molecule has 1 spiro atoms. The molecule has 1 saturated carbocycles. The molecule has 1 saturated heterocycles. The van der Waals surface area contributed by atoms with Gasteiger partial charge >= 0.3 is 0 Å². The zero-order chi connectivity index (χ0) is 15.0. The summed E-state index contributed by atoms with van der Waals surface area (Å²) in [6.07, 6.45) is 3.93. The van der Waals surface area contributed by atoms with E-state index >= 15 is 0 Å². The minimum atomic E-state index is 0.397. The summed E-state index contributed by atoms with van der Waals surface area (Å²) in [4.78, 5) is 2.49. The van der Waals surface area contributed by atoms with Crippen molar-refractivity contribution >= 4 is 11.6 Å². The number of nitrogens with zero attached hydrogens (tertiary/aromatic N) is 1. The molecule has 1 aromatic rings. The Morgan fingerprint density at radius 2 is 2.00 bits per heavy atom. The number of rotatable bonds is 2. The second kappa shape index (κ2) is 5.91. The van der Waals surface area contributed by atoms with E-state index in [0.29, 0.717) is 29.4 Å². The molecule has 0 atom stereocenters. The smallest absolute Gasteiger partial charge is 0.179 e. The molecule has 1 aliphatic carbocycles. The van der Waals surface area contributed by atoms with Crippen molar-refractivity contribution in [2.45, 2.75) is 25.8 Å². The van der Waals surface area contributed by atoms with E-state index in [1.807, 2.05) is 6.07 Å². The highest BCUT2D eigenvalue weighted by Gasteiger charge is 2.40. The van der Waals surface area contributed by atoms with E-state index in [4.69, 9.17) is 25.8 Å². The molecule has 3 aliphatic rings. The Kier molecular flexibility index (Phi) is 3.93. The van der Waals surface area contributed by atoms with Crippen molar-refractivity contribution < 1.29 is 14.2 Å². The zero-order valence-corrected chi connectivity index (χ0v) is 13.5. The van der Waals surface area contributed by atoms with Crippen molar-refractivity contribution in [3.05, 3.63) is 22.7 Å². The van der Waals surface area contributed by atoms with Crippen molar-refractivity contribution in [2.24, 2.45) is 5.41 Å². The predicted octanol–water partition coefficient (Wildman–Crippen LogP) is 3.11. The molecule has 0 amide bonds. The average molecular weight is 324 g/mol. The lowest BCUT2D eigenvalue weighted by Gasteiger charge is -2.42. The molecule has 5 heteroatoms. The fraction of sp³-hybridized carbons (Fsp3) is 0.647. The normalized spacial score (nSPS) is 23.9. The fourth-order valence-corrected chi connectivity index (χ4v) is 4.00. The van der Waals surface area contributed by atoms with Gasteiger partial charge in [-0.3, -0.25) is 4.90 Å². The summed E-state index contributed by atoms with van der Waals surface area (Å²) in [6, 6.07) is 4.08. The molecule has 0 aromatic heterocycles. The van der Waals surface area contributed by atoms with Crippen LogP contribution < -0.4 is 9.47 Å². The van der Waals surface area contributed by atoms with E-state index in [2.05, 4.69) is 11.0 Å².